The Morgan fingerprint density at radius 2 is 1.50 bits per heavy atom. The molecule has 0 aliphatic carbocycles. The lowest BCUT2D eigenvalue weighted by Gasteiger charge is -2.23. The minimum atomic E-state index is -4.09. The smallest absolute Gasteiger partial charge is 0.324 e. The number of ether oxygens (including phenoxy) is 2. The molecule has 0 aliphatic heterocycles. The molecule has 0 spiro atoms. The third-order valence-electron chi connectivity index (χ3n) is 4.30. The van der Waals surface area contributed by atoms with Crippen molar-refractivity contribution in [3.63, 3.8) is 0 Å². The maximum atomic E-state index is 13.1. The van der Waals surface area contributed by atoms with Crippen LogP contribution in [0.2, 0.25) is 0 Å². The number of carbonyl (C=O) groups is 1. The van der Waals surface area contributed by atoms with Gasteiger partial charge in [-0.2, -0.15) is 0 Å². The van der Waals surface area contributed by atoms with Crippen LogP contribution in [0.5, 0.6) is 11.5 Å². The fraction of sp³-hybridized carbons (Fsp3) is 0.136. The molecule has 3 aromatic rings. The number of methoxy groups -OCH3 is 1. The van der Waals surface area contributed by atoms with Crippen LogP contribution in [0, 0.1) is 0 Å². The van der Waals surface area contributed by atoms with Crippen LogP contribution in [-0.2, 0) is 21.4 Å². The van der Waals surface area contributed by atoms with Crippen molar-refractivity contribution in [3.05, 3.63) is 84.4 Å². The molecule has 156 valence electrons. The van der Waals surface area contributed by atoms with Gasteiger partial charge in [0.1, 0.15) is 24.7 Å². The molecule has 0 aliphatic rings. The van der Waals surface area contributed by atoms with Gasteiger partial charge in [-0.25, -0.2) is 8.42 Å². The van der Waals surface area contributed by atoms with Gasteiger partial charge in [0, 0.05) is 0 Å². The highest BCUT2D eigenvalue weighted by Crippen LogP contribution is 2.27. The number of hydrogen-bond acceptors (Lipinski definition) is 5. The predicted octanol–water partition coefficient (Wildman–Crippen LogP) is 3.55. The Balaban J connectivity index is 1.83. The zero-order valence-corrected chi connectivity index (χ0v) is 17.1. The molecule has 0 bridgehead atoms. The van der Waals surface area contributed by atoms with E-state index in [1.807, 2.05) is 30.3 Å². The molecule has 1 N–H and O–H groups in total. The molecule has 0 fully saturated rings. The van der Waals surface area contributed by atoms with Crippen LogP contribution in [0.3, 0.4) is 0 Å². The van der Waals surface area contributed by atoms with Gasteiger partial charge in [0.25, 0.3) is 10.0 Å². The quantitative estimate of drug-likeness (QED) is 0.561. The van der Waals surface area contributed by atoms with Gasteiger partial charge < -0.3 is 14.6 Å². The summed E-state index contributed by atoms with van der Waals surface area (Å²) in [4.78, 5) is 11.3. The summed E-state index contributed by atoms with van der Waals surface area (Å²) in [6.07, 6.45) is 0. The lowest BCUT2D eigenvalue weighted by Crippen LogP contribution is -2.35. The Hall–Kier alpha value is -3.52. The summed E-state index contributed by atoms with van der Waals surface area (Å²) in [6.45, 7) is -0.345. The molecule has 0 atom stereocenters. The topological polar surface area (TPSA) is 93.1 Å². The van der Waals surface area contributed by atoms with E-state index in [-0.39, 0.29) is 10.6 Å². The van der Waals surface area contributed by atoms with Gasteiger partial charge in [0.05, 0.1) is 17.7 Å². The van der Waals surface area contributed by atoms with Crippen molar-refractivity contribution in [2.45, 2.75) is 11.5 Å². The second kappa shape index (κ2) is 9.32. The molecule has 0 radical (unpaired) electrons. The normalized spacial score (nSPS) is 11.0. The van der Waals surface area contributed by atoms with Gasteiger partial charge in [-0.1, -0.05) is 30.3 Å². The van der Waals surface area contributed by atoms with E-state index in [0.29, 0.717) is 18.1 Å². The van der Waals surface area contributed by atoms with Crippen molar-refractivity contribution in [1.82, 2.24) is 0 Å². The second-order valence-electron chi connectivity index (χ2n) is 6.35. The van der Waals surface area contributed by atoms with Gasteiger partial charge >= 0.3 is 5.97 Å². The first-order valence-electron chi connectivity index (χ1n) is 9.05. The van der Waals surface area contributed by atoms with Crippen LogP contribution in [0.15, 0.2) is 83.8 Å². The average molecular weight is 427 g/mol. The molecule has 0 aromatic heterocycles. The van der Waals surface area contributed by atoms with Crippen molar-refractivity contribution in [3.8, 4) is 11.5 Å². The first-order chi connectivity index (χ1) is 14.4. The number of anilines is 1. The van der Waals surface area contributed by atoms with E-state index in [1.165, 1.54) is 43.5 Å². The van der Waals surface area contributed by atoms with Gasteiger partial charge in [-0.15, -0.1) is 0 Å². The molecule has 3 aromatic carbocycles. The van der Waals surface area contributed by atoms with Crippen LogP contribution in [0.4, 0.5) is 5.69 Å². The first-order valence-corrected chi connectivity index (χ1v) is 10.5. The van der Waals surface area contributed by atoms with Crippen molar-refractivity contribution >= 4 is 21.7 Å². The number of sulfonamides is 1. The van der Waals surface area contributed by atoms with Crippen molar-refractivity contribution in [1.29, 1.82) is 0 Å². The minimum Gasteiger partial charge on any atom is -0.497 e. The van der Waals surface area contributed by atoms with E-state index in [2.05, 4.69) is 0 Å². The number of rotatable bonds is 9. The highest BCUT2D eigenvalue weighted by atomic mass is 32.2. The summed E-state index contributed by atoms with van der Waals surface area (Å²) in [5.74, 6) is -0.227. The molecule has 0 amide bonds. The molecule has 30 heavy (non-hydrogen) atoms. The Morgan fingerprint density at radius 3 is 2.07 bits per heavy atom. The molecule has 0 saturated carbocycles. The summed E-state index contributed by atoms with van der Waals surface area (Å²) in [6, 6.07) is 21.6. The molecule has 0 unspecified atom stereocenters. The number of hydrogen-bond donors (Lipinski definition) is 1. The van der Waals surface area contributed by atoms with Gasteiger partial charge in [-0.3, -0.25) is 9.10 Å². The second-order valence-corrected chi connectivity index (χ2v) is 8.21. The SMILES string of the molecule is COc1ccc(S(=O)(=O)N(CC(=O)O)c2ccc(OCc3ccccc3)cc2)cc1. The third-order valence-corrected chi connectivity index (χ3v) is 6.09. The number of nitrogens with zero attached hydrogens (tertiary/aromatic N) is 1. The Bertz CT molecular complexity index is 1080. The van der Waals surface area contributed by atoms with Crippen LogP contribution in [-0.4, -0.2) is 33.1 Å². The summed E-state index contributed by atoms with van der Waals surface area (Å²) in [5.41, 5.74) is 1.22. The Morgan fingerprint density at radius 1 is 0.900 bits per heavy atom. The largest absolute Gasteiger partial charge is 0.497 e. The summed E-state index contributed by atoms with van der Waals surface area (Å²) >= 11 is 0. The number of benzene rings is 3. The summed E-state index contributed by atoms with van der Waals surface area (Å²) in [5, 5.41) is 9.25. The maximum absolute atomic E-state index is 13.1. The molecule has 8 heteroatoms. The van der Waals surface area contributed by atoms with Crippen molar-refractivity contribution < 1.29 is 27.8 Å². The lowest BCUT2D eigenvalue weighted by atomic mass is 10.2. The Kier molecular flexibility index (Phi) is 6.58. The van der Waals surface area contributed by atoms with E-state index >= 15 is 0 Å². The average Bonchev–Trinajstić information content (AvgIpc) is 2.77. The van der Waals surface area contributed by atoms with Crippen molar-refractivity contribution in [2.75, 3.05) is 18.0 Å². The highest BCUT2D eigenvalue weighted by molar-refractivity contribution is 7.92. The monoisotopic (exact) mass is 427 g/mol. The molecule has 3 rings (SSSR count). The van der Waals surface area contributed by atoms with E-state index in [0.717, 1.165) is 9.87 Å². The van der Waals surface area contributed by atoms with Crippen LogP contribution >= 0.6 is 0 Å². The number of carboxylic acids is 1. The fourth-order valence-corrected chi connectivity index (χ4v) is 4.18. The van der Waals surface area contributed by atoms with Crippen LogP contribution in [0.1, 0.15) is 5.56 Å². The van der Waals surface area contributed by atoms with Gasteiger partial charge in [-0.05, 0) is 54.1 Å². The first kappa shape index (κ1) is 21.2. The zero-order valence-electron chi connectivity index (χ0n) is 16.3. The van der Waals surface area contributed by atoms with E-state index in [1.54, 1.807) is 12.1 Å². The Labute approximate surface area is 175 Å². The maximum Gasteiger partial charge on any atom is 0.324 e. The standard InChI is InChI=1S/C22H21NO6S/c1-28-19-11-13-21(14-12-19)30(26,27)23(15-22(24)25)18-7-9-20(10-8-18)29-16-17-5-3-2-4-6-17/h2-14H,15-16H2,1H3,(H,24,25). The zero-order chi connectivity index (χ0) is 21.6. The van der Waals surface area contributed by atoms with E-state index in [9.17, 15) is 18.3 Å². The highest BCUT2D eigenvalue weighted by Gasteiger charge is 2.27. The van der Waals surface area contributed by atoms with Gasteiger partial charge in [0.2, 0.25) is 0 Å². The van der Waals surface area contributed by atoms with Gasteiger partial charge in [0.15, 0.2) is 0 Å². The minimum absolute atomic E-state index is 0.0334. The molecule has 0 heterocycles. The predicted molar refractivity (Wildman–Crippen MR) is 112 cm³/mol. The van der Waals surface area contributed by atoms with Crippen LogP contribution in [0.25, 0.3) is 0 Å². The fourth-order valence-electron chi connectivity index (χ4n) is 2.76. The van der Waals surface area contributed by atoms with E-state index in [4.69, 9.17) is 9.47 Å². The lowest BCUT2D eigenvalue weighted by molar-refractivity contribution is -0.135. The van der Waals surface area contributed by atoms with Crippen molar-refractivity contribution in [2.24, 2.45) is 0 Å². The summed E-state index contributed by atoms with van der Waals surface area (Å²) in [7, 11) is -2.61. The molecular weight excluding hydrogens is 406 g/mol. The molecule has 0 saturated heterocycles. The number of aliphatic carboxylic acids is 1. The van der Waals surface area contributed by atoms with Crippen LogP contribution < -0.4 is 13.8 Å². The third kappa shape index (κ3) is 5.09. The molecular formula is C22H21NO6S. The number of carboxylic acid groups (broad SMARTS) is 1. The van der Waals surface area contributed by atoms with E-state index < -0.39 is 22.5 Å². The molecule has 7 nitrogen and oxygen atoms in total. The summed E-state index contributed by atoms with van der Waals surface area (Å²) < 4.78 is 37.7.